The summed E-state index contributed by atoms with van der Waals surface area (Å²) < 4.78 is 5.26. The average molecular weight is 250 g/mol. The van der Waals surface area contributed by atoms with Crippen LogP contribution in [-0.2, 0) is 6.42 Å². The Bertz CT molecular complexity index is 512. The van der Waals surface area contributed by atoms with E-state index < -0.39 is 0 Å². The Hall–Kier alpha value is -1.69. The molecule has 0 saturated heterocycles. The summed E-state index contributed by atoms with van der Waals surface area (Å²) in [6.45, 7) is 2.03. The van der Waals surface area contributed by atoms with Gasteiger partial charge in [0.05, 0.1) is 12.0 Å². The second-order valence-electron chi connectivity index (χ2n) is 3.43. The first-order chi connectivity index (χ1) is 8.22. The highest BCUT2D eigenvalue weighted by atomic mass is 32.2. The fraction of sp³-hybridized carbons (Fsp3) is 0.273. The van der Waals surface area contributed by atoms with Gasteiger partial charge in [0.2, 0.25) is 5.16 Å². The third kappa shape index (κ3) is 2.71. The molecule has 0 fully saturated rings. The zero-order chi connectivity index (χ0) is 12.3. The molecule has 0 saturated carbocycles. The Kier molecular flexibility index (Phi) is 3.53. The van der Waals surface area contributed by atoms with Crippen molar-refractivity contribution in [1.29, 1.82) is 0 Å². The van der Waals surface area contributed by atoms with Crippen LogP contribution in [0.15, 0.2) is 28.3 Å². The molecule has 3 N–H and O–H groups in total. The molecule has 0 amide bonds. The van der Waals surface area contributed by atoms with Gasteiger partial charge in [0.15, 0.2) is 0 Å². The molecule has 0 spiro atoms. The van der Waals surface area contributed by atoms with E-state index in [9.17, 15) is 0 Å². The van der Waals surface area contributed by atoms with Crippen LogP contribution in [0.3, 0.4) is 0 Å². The van der Waals surface area contributed by atoms with E-state index in [1.165, 1.54) is 11.8 Å². The summed E-state index contributed by atoms with van der Waals surface area (Å²) in [5.74, 6) is 1.61. The monoisotopic (exact) mass is 250 g/mol. The minimum atomic E-state index is 0.676. The van der Waals surface area contributed by atoms with E-state index in [1.807, 2.05) is 19.1 Å². The number of H-pyrrole nitrogens is 1. The number of nitrogens with one attached hydrogen (secondary N) is 1. The first-order valence-electron chi connectivity index (χ1n) is 5.25. The number of hydrogen-bond acceptors (Lipinski definition) is 5. The number of aromatic nitrogens is 3. The summed E-state index contributed by atoms with van der Waals surface area (Å²) >= 11 is 1.45. The van der Waals surface area contributed by atoms with Crippen LogP contribution in [0.5, 0.6) is 5.75 Å². The first-order valence-corrected chi connectivity index (χ1v) is 6.07. The lowest BCUT2D eigenvalue weighted by Crippen LogP contribution is -1.90. The lowest BCUT2D eigenvalue weighted by atomic mass is 10.3. The molecule has 0 aliphatic rings. The Balaban J connectivity index is 2.23. The molecule has 2 aromatic rings. The number of anilines is 1. The molecular formula is C11H14N4OS. The van der Waals surface area contributed by atoms with E-state index in [0.717, 1.165) is 22.9 Å². The first kappa shape index (κ1) is 11.8. The normalized spacial score (nSPS) is 10.5. The van der Waals surface area contributed by atoms with Gasteiger partial charge in [-0.05, 0) is 23.9 Å². The second-order valence-corrected chi connectivity index (χ2v) is 4.44. The number of hydrogen-bond donors (Lipinski definition) is 2. The van der Waals surface area contributed by atoms with Crippen molar-refractivity contribution in [3.8, 4) is 5.75 Å². The summed E-state index contributed by atoms with van der Waals surface area (Å²) in [5, 5.41) is 7.68. The predicted molar refractivity (Wildman–Crippen MR) is 67.3 cm³/mol. The molecule has 2 rings (SSSR count). The Labute approximate surface area is 104 Å². The number of aryl methyl sites for hydroxylation is 1. The van der Waals surface area contributed by atoms with Crippen LogP contribution in [0.4, 0.5) is 5.69 Å². The fourth-order valence-electron chi connectivity index (χ4n) is 1.35. The molecule has 90 valence electrons. The highest BCUT2D eigenvalue weighted by molar-refractivity contribution is 7.99. The van der Waals surface area contributed by atoms with E-state index in [-0.39, 0.29) is 0 Å². The molecule has 1 aromatic carbocycles. The Morgan fingerprint density at radius 3 is 2.94 bits per heavy atom. The van der Waals surface area contributed by atoms with E-state index in [1.54, 1.807) is 13.2 Å². The van der Waals surface area contributed by atoms with Crippen molar-refractivity contribution in [3.05, 3.63) is 24.0 Å². The molecule has 0 aliphatic carbocycles. The smallest absolute Gasteiger partial charge is 0.213 e. The van der Waals surface area contributed by atoms with Gasteiger partial charge in [-0.1, -0.05) is 6.92 Å². The van der Waals surface area contributed by atoms with Gasteiger partial charge in [0, 0.05) is 18.2 Å². The lowest BCUT2D eigenvalue weighted by molar-refractivity contribution is 0.405. The van der Waals surface area contributed by atoms with Gasteiger partial charge in [-0.25, -0.2) is 4.98 Å². The number of nitrogens with zero attached hydrogens (tertiary/aromatic N) is 2. The molecule has 0 aliphatic heterocycles. The number of nitrogen functional groups attached to an aromatic ring is 1. The Morgan fingerprint density at radius 2 is 2.29 bits per heavy atom. The van der Waals surface area contributed by atoms with Crippen molar-refractivity contribution in [2.75, 3.05) is 12.8 Å². The molecule has 0 unspecified atom stereocenters. The van der Waals surface area contributed by atoms with Crippen molar-refractivity contribution < 1.29 is 4.74 Å². The number of rotatable bonds is 4. The van der Waals surface area contributed by atoms with Crippen LogP contribution in [-0.4, -0.2) is 22.3 Å². The molecule has 0 atom stereocenters. The predicted octanol–water partition coefficient (Wildman–Crippen LogP) is 2.11. The van der Waals surface area contributed by atoms with Gasteiger partial charge in [-0.2, -0.15) is 0 Å². The van der Waals surface area contributed by atoms with E-state index >= 15 is 0 Å². The van der Waals surface area contributed by atoms with E-state index in [0.29, 0.717) is 10.8 Å². The maximum atomic E-state index is 5.70. The van der Waals surface area contributed by atoms with Gasteiger partial charge < -0.3 is 10.5 Å². The van der Waals surface area contributed by atoms with E-state index in [4.69, 9.17) is 10.5 Å². The highest BCUT2D eigenvalue weighted by Crippen LogP contribution is 2.34. The van der Waals surface area contributed by atoms with Crippen molar-refractivity contribution in [2.24, 2.45) is 0 Å². The van der Waals surface area contributed by atoms with Crippen LogP contribution >= 0.6 is 11.8 Å². The second kappa shape index (κ2) is 5.09. The van der Waals surface area contributed by atoms with Crippen LogP contribution < -0.4 is 10.5 Å². The van der Waals surface area contributed by atoms with Gasteiger partial charge in [0.1, 0.15) is 11.6 Å². The molecule has 17 heavy (non-hydrogen) atoms. The summed E-state index contributed by atoms with van der Waals surface area (Å²) in [5.41, 5.74) is 6.37. The minimum absolute atomic E-state index is 0.676. The molecule has 0 bridgehead atoms. The topological polar surface area (TPSA) is 76.8 Å². The van der Waals surface area contributed by atoms with Crippen molar-refractivity contribution in [2.45, 2.75) is 23.4 Å². The third-order valence-corrected chi connectivity index (χ3v) is 3.16. The molecule has 0 radical (unpaired) electrons. The fourth-order valence-corrected chi connectivity index (χ4v) is 2.17. The number of benzene rings is 1. The summed E-state index contributed by atoms with van der Waals surface area (Å²) in [6.07, 6.45) is 0.840. The number of nitrogens with two attached hydrogens (primary N) is 1. The zero-order valence-electron chi connectivity index (χ0n) is 9.73. The highest BCUT2D eigenvalue weighted by Gasteiger charge is 2.09. The van der Waals surface area contributed by atoms with Crippen LogP contribution in [0.2, 0.25) is 0 Å². The van der Waals surface area contributed by atoms with Gasteiger partial charge >= 0.3 is 0 Å². The maximum Gasteiger partial charge on any atom is 0.213 e. The number of ether oxygens (including phenoxy) is 1. The van der Waals surface area contributed by atoms with Crippen molar-refractivity contribution in [1.82, 2.24) is 15.2 Å². The number of aromatic amines is 1. The zero-order valence-corrected chi connectivity index (χ0v) is 10.5. The average Bonchev–Trinajstić information content (AvgIpc) is 2.79. The third-order valence-electron chi connectivity index (χ3n) is 2.24. The summed E-state index contributed by atoms with van der Waals surface area (Å²) in [4.78, 5) is 5.28. The van der Waals surface area contributed by atoms with Gasteiger partial charge in [-0.15, -0.1) is 5.10 Å². The van der Waals surface area contributed by atoms with Crippen molar-refractivity contribution in [3.63, 3.8) is 0 Å². The SMILES string of the molecule is CCc1nc(Sc2ccc(N)cc2OC)n[nH]1. The lowest BCUT2D eigenvalue weighted by Gasteiger charge is -2.06. The molecular weight excluding hydrogens is 236 g/mol. The maximum absolute atomic E-state index is 5.70. The minimum Gasteiger partial charge on any atom is -0.495 e. The quantitative estimate of drug-likeness (QED) is 0.813. The molecule has 5 nitrogen and oxygen atoms in total. The van der Waals surface area contributed by atoms with Gasteiger partial charge in [0.25, 0.3) is 0 Å². The summed E-state index contributed by atoms with van der Waals surface area (Å²) in [7, 11) is 1.62. The summed E-state index contributed by atoms with van der Waals surface area (Å²) in [6, 6.07) is 5.52. The molecule has 6 heteroatoms. The largest absolute Gasteiger partial charge is 0.495 e. The van der Waals surface area contributed by atoms with Crippen LogP contribution in [0.1, 0.15) is 12.7 Å². The van der Waals surface area contributed by atoms with Gasteiger partial charge in [-0.3, -0.25) is 5.10 Å². The molecule has 1 heterocycles. The van der Waals surface area contributed by atoms with Crippen LogP contribution in [0.25, 0.3) is 0 Å². The number of methoxy groups -OCH3 is 1. The van der Waals surface area contributed by atoms with Crippen LogP contribution in [0, 0.1) is 0 Å². The van der Waals surface area contributed by atoms with E-state index in [2.05, 4.69) is 15.2 Å². The standard InChI is InChI=1S/C11H14N4OS/c1-3-10-13-11(15-14-10)17-9-5-4-7(12)6-8(9)16-2/h4-6H,3,12H2,1-2H3,(H,13,14,15). The molecule has 1 aromatic heterocycles. The van der Waals surface area contributed by atoms with Crippen molar-refractivity contribution >= 4 is 17.4 Å². The Morgan fingerprint density at radius 1 is 1.47 bits per heavy atom.